The second-order valence-electron chi connectivity index (χ2n) is 7.85. The molecule has 2 aromatic rings. The SMILES string of the molecule is CCCNC(=O)C(CC)N(Cc1ccc(OC)cc1)C(=O)CCCOc1ccc(C)cc1. The van der Waals surface area contributed by atoms with Gasteiger partial charge in [-0.05, 0) is 56.0 Å². The van der Waals surface area contributed by atoms with Crippen molar-refractivity contribution in [1.82, 2.24) is 10.2 Å². The molecular weight excluding hydrogens is 404 g/mol. The molecule has 0 aromatic heterocycles. The van der Waals surface area contributed by atoms with Crippen LogP contribution in [0.4, 0.5) is 0 Å². The van der Waals surface area contributed by atoms with Crippen LogP contribution in [0.15, 0.2) is 48.5 Å². The van der Waals surface area contributed by atoms with Crippen LogP contribution in [0.3, 0.4) is 0 Å². The highest BCUT2D eigenvalue weighted by molar-refractivity contribution is 5.87. The normalized spacial score (nSPS) is 11.5. The molecule has 0 aliphatic heterocycles. The number of methoxy groups -OCH3 is 1. The largest absolute Gasteiger partial charge is 0.497 e. The molecule has 0 fully saturated rings. The second-order valence-corrected chi connectivity index (χ2v) is 7.85. The van der Waals surface area contributed by atoms with Gasteiger partial charge in [0.15, 0.2) is 0 Å². The summed E-state index contributed by atoms with van der Waals surface area (Å²) in [4.78, 5) is 27.6. The van der Waals surface area contributed by atoms with Crippen molar-refractivity contribution < 1.29 is 19.1 Å². The summed E-state index contributed by atoms with van der Waals surface area (Å²) in [5, 5.41) is 2.94. The fourth-order valence-electron chi connectivity index (χ4n) is 3.40. The summed E-state index contributed by atoms with van der Waals surface area (Å²) in [5.74, 6) is 1.40. The number of aryl methyl sites for hydroxylation is 1. The van der Waals surface area contributed by atoms with E-state index in [1.54, 1.807) is 12.0 Å². The predicted octanol–water partition coefficient (Wildman–Crippen LogP) is 4.50. The van der Waals surface area contributed by atoms with E-state index in [0.29, 0.717) is 39.0 Å². The van der Waals surface area contributed by atoms with Gasteiger partial charge in [0.25, 0.3) is 0 Å². The van der Waals surface area contributed by atoms with Crippen LogP contribution in [0.25, 0.3) is 0 Å². The molecule has 1 unspecified atom stereocenters. The zero-order valence-electron chi connectivity index (χ0n) is 19.7. The van der Waals surface area contributed by atoms with Gasteiger partial charge in [-0.3, -0.25) is 9.59 Å². The van der Waals surface area contributed by atoms with E-state index in [1.165, 1.54) is 5.56 Å². The molecule has 2 rings (SSSR count). The Morgan fingerprint density at radius 3 is 2.25 bits per heavy atom. The number of hydrogen-bond donors (Lipinski definition) is 1. The van der Waals surface area contributed by atoms with Crippen LogP contribution in [0.1, 0.15) is 50.7 Å². The summed E-state index contributed by atoms with van der Waals surface area (Å²) in [6.45, 7) is 7.40. The molecule has 174 valence electrons. The molecule has 0 heterocycles. The monoisotopic (exact) mass is 440 g/mol. The summed E-state index contributed by atoms with van der Waals surface area (Å²) >= 11 is 0. The fourth-order valence-corrected chi connectivity index (χ4v) is 3.40. The van der Waals surface area contributed by atoms with E-state index in [-0.39, 0.29) is 11.8 Å². The summed E-state index contributed by atoms with van der Waals surface area (Å²) < 4.78 is 11.0. The summed E-state index contributed by atoms with van der Waals surface area (Å²) in [5.41, 5.74) is 2.13. The van der Waals surface area contributed by atoms with Gasteiger partial charge in [0.05, 0.1) is 13.7 Å². The molecule has 0 spiro atoms. The Kier molecular flexibility index (Phi) is 10.6. The Morgan fingerprint density at radius 2 is 1.66 bits per heavy atom. The summed E-state index contributed by atoms with van der Waals surface area (Å²) in [6, 6.07) is 14.9. The second kappa shape index (κ2) is 13.4. The first-order chi connectivity index (χ1) is 15.5. The minimum atomic E-state index is -0.505. The van der Waals surface area contributed by atoms with E-state index >= 15 is 0 Å². The quantitative estimate of drug-likeness (QED) is 0.466. The molecule has 6 nitrogen and oxygen atoms in total. The third kappa shape index (κ3) is 7.91. The molecule has 32 heavy (non-hydrogen) atoms. The lowest BCUT2D eigenvalue weighted by molar-refractivity contribution is -0.141. The Labute approximate surface area is 191 Å². The Morgan fingerprint density at radius 1 is 1.00 bits per heavy atom. The maximum Gasteiger partial charge on any atom is 0.242 e. The van der Waals surface area contributed by atoms with E-state index in [1.807, 2.05) is 69.3 Å². The number of carbonyl (C=O) groups excluding carboxylic acids is 2. The van der Waals surface area contributed by atoms with Crippen LogP contribution in [-0.2, 0) is 16.1 Å². The number of nitrogens with zero attached hydrogens (tertiary/aromatic N) is 1. The van der Waals surface area contributed by atoms with Gasteiger partial charge in [-0.1, -0.05) is 43.7 Å². The first-order valence-corrected chi connectivity index (χ1v) is 11.4. The smallest absolute Gasteiger partial charge is 0.242 e. The Bertz CT molecular complexity index is 834. The average molecular weight is 441 g/mol. The zero-order chi connectivity index (χ0) is 23.3. The van der Waals surface area contributed by atoms with Crippen molar-refractivity contribution >= 4 is 11.8 Å². The number of benzene rings is 2. The maximum atomic E-state index is 13.2. The highest BCUT2D eigenvalue weighted by Gasteiger charge is 2.28. The van der Waals surface area contributed by atoms with Crippen molar-refractivity contribution in [2.24, 2.45) is 0 Å². The predicted molar refractivity (Wildman–Crippen MR) is 127 cm³/mol. The number of amides is 2. The number of rotatable bonds is 13. The summed E-state index contributed by atoms with van der Waals surface area (Å²) in [6.07, 6.45) is 2.31. The van der Waals surface area contributed by atoms with Crippen molar-refractivity contribution in [3.63, 3.8) is 0 Å². The molecule has 0 radical (unpaired) electrons. The van der Waals surface area contributed by atoms with E-state index in [9.17, 15) is 9.59 Å². The van der Waals surface area contributed by atoms with E-state index < -0.39 is 6.04 Å². The highest BCUT2D eigenvalue weighted by atomic mass is 16.5. The molecule has 6 heteroatoms. The van der Waals surface area contributed by atoms with Crippen molar-refractivity contribution in [3.8, 4) is 11.5 Å². The van der Waals surface area contributed by atoms with E-state index in [0.717, 1.165) is 23.5 Å². The first kappa shape index (κ1) is 25.2. The topological polar surface area (TPSA) is 67.9 Å². The van der Waals surface area contributed by atoms with Crippen molar-refractivity contribution in [3.05, 3.63) is 59.7 Å². The molecule has 0 aliphatic rings. The van der Waals surface area contributed by atoms with Gasteiger partial charge in [-0.2, -0.15) is 0 Å². The minimum absolute atomic E-state index is 0.0492. The zero-order valence-corrected chi connectivity index (χ0v) is 19.7. The molecule has 0 saturated carbocycles. The van der Waals surface area contributed by atoms with Gasteiger partial charge in [-0.15, -0.1) is 0 Å². The Balaban J connectivity index is 2.04. The van der Waals surface area contributed by atoms with E-state index in [2.05, 4.69) is 5.32 Å². The lowest BCUT2D eigenvalue weighted by atomic mass is 10.1. The lowest BCUT2D eigenvalue weighted by Crippen LogP contribution is -2.49. The average Bonchev–Trinajstić information content (AvgIpc) is 2.81. The molecule has 1 N–H and O–H groups in total. The molecule has 2 amide bonds. The minimum Gasteiger partial charge on any atom is -0.497 e. The first-order valence-electron chi connectivity index (χ1n) is 11.4. The number of carbonyl (C=O) groups is 2. The van der Waals surface area contributed by atoms with Crippen LogP contribution in [0, 0.1) is 6.92 Å². The third-order valence-corrected chi connectivity index (χ3v) is 5.27. The van der Waals surface area contributed by atoms with Gasteiger partial charge in [0.1, 0.15) is 17.5 Å². The van der Waals surface area contributed by atoms with Crippen molar-refractivity contribution in [2.75, 3.05) is 20.3 Å². The number of hydrogen-bond acceptors (Lipinski definition) is 4. The third-order valence-electron chi connectivity index (χ3n) is 5.27. The van der Waals surface area contributed by atoms with Crippen LogP contribution in [-0.4, -0.2) is 43.0 Å². The van der Waals surface area contributed by atoms with E-state index in [4.69, 9.17) is 9.47 Å². The number of nitrogens with one attached hydrogen (secondary N) is 1. The van der Waals surface area contributed by atoms with Gasteiger partial charge < -0.3 is 19.7 Å². The van der Waals surface area contributed by atoms with Crippen LogP contribution < -0.4 is 14.8 Å². The maximum absolute atomic E-state index is 13.2. The number of ether oxygens (including phenoxy) is 2. The van der Waals surface area contributed by atoms with Gasteiger partial charge in [0.2, 0.25) is 11.8 Å². The van der Waals surface area contributed by atoms with Crippen molar-refractivity contribution in [1.29, 1.82) is 0 Å². The Hall–Kier alpha value is -3.02. The molecule has 0 bridgehead atoms. The van der Waals surface area contributed by atoms with Gasteiger partial charge in [-0.25, -0.2) is 0 Å². The summed E-state index contributed by atoms with van der Waals surface area (Å²) in [7, 11) is 1.62. The highest BCUT2D eigenvalue weighted by Crippen LogP contribution is 2.18. The molecule has 0 saturated heterocycles. The lowest BCUT2D eigenvalue weighted by Gasteiger charge is -2.30. The van der Waals surface area contributed by atoms with Crippen molar-refractivity contribution in [2.45, 2.75) is 59.0 Å². The fraction of sp³-hybridized carbons (Fsp3) is 0.462. The van der Waals surface area contributed by atoms with Crippen LogP contribution in [0.5, 0.6) is 11.5 Å². The standard InChI is InChI=1S/C26H36N2O4/c1-5-17-27-26(30)24(6-2)28(19-21-11-15-22(31-4)16-12-21)25(29)8-7-18-32-23-13-9-20(3)10-14-23/h9-16,24H,5-8,17-19H2,1-4H3,(H,27,30). The molecule has 1 atom stereocenters. The van der Waals surface area contributed by atoms with Crippen LogP contribution >= 0.6 is 0 Å². The van der Waals surface area contributed by atoms with Gasteiger partial charge in [0, 0.05) is 19.5 Å². The molecule has 0 aliphatic carbocycles. The van der Waals surface area contributed by atoms with Crippen LogP contribution in [0.2, 0.25) is 0 Å². The molecular formula is C26H36N2O4. The molecule has 2 aromatic carbocycles. The van der Waals surface area contributed by atoms with Gasteiger partial charge >= 0.3 is 0 Å².